The third kappa shape index (κ3) is 3.23. The molecule has 1 aliphatic rings. The van der Waals surface area contributed by atoms with E-state index in [4.69, 9.17) is 23.2 Å². The Bertz CT molecular complexity index is 527. The molecule has 1 heterocycles. The van der Waals surface area contributed by atoms with Crippen LogP contribution in [-0.2, 0) is 4.79 Å². The predicted octanol–water partition coefficient (Wildman–Crippen LogP) is 2.03. The summed E-state index contributed by atoms with van der Waals surface area (Å²) in [5.74, 6) is -0.855. The summed E-state index contributed by atoms with van der Waals surface area (Å²) < 4.78 is 13.5. The Hall–Kier alpha value is -0.880. The third-order valence-electron chi connectivity index (χ3n) is 3.30. The van der Waals surface area contributed by atoms with Gasteiger partial charge >= 0.3 is 0 Å². The van der Waals surface area contributed by atoms with E-state index in [-0.39, 0.29) is 10.9 Å². The quantitative estimate of drug-likeness (QED) is 0.747. The summed E-state index contributed by atoms with van der Waals surface area (Å²) in [6, 6.07) is 1.59. The second kappa shape index (κ2) is 6.26. The molecule has 110 valence electrons. The zero-order valence-corrected chi connectivity index (χ0v) is 12.3. The minimum Gasteiger partial charge on any atom is -0.392 e. The van der Waals surface area contributed by atoms with Crippen LogP contribution in [0.1, 0.15) is 24.9 Å². The first-order valence-electron chi connectivity index (χ1n) is 6.25. The molecule has 3 N–H and O–H groups in total. The number of hydrogen-bond acceptors (Lipinski definition) is 3. The standard InChI is InChI=1S/C13H15Cl2FN2O2/c1-6(11-8(14)2-3-9(16)12(11)15)18-13(20)10-4-7(19)5-17-10/h2-3,6-7,10,17,19H,4-5H2,1H3,(H,18,20). The summed E-state index contributed by atoms with van der Waals surface area (Å²) in [7, 11) is 0. The third-order valence-corrected chi connectivity index (χ3v) is 4.01. The minimum absolute atomic E-state index is 0.0929. The van der Waals surface area contributed by atoms with Gasteiger partial charge in [-0.3, -0.25) is 4.79 Å². The van der Waals surface area contributed by atoms with Crippen molar-refractivity contribution in [1.29, 1.82) is 0 Å². The van der Waals surface area contributed by atoms with Gasteiger partial charge in [-0.2, -0.15) is 0 Å². The number of halogens is 3. The van der Waals surface area contributed by atoms with E-state index in [9.17, 15) is 14.3 Å². The lowest BCUT2D eigenvalue weighted by atomic mass is 10.1. The SMILES string of the molecule is CC(NC(=O)C1CC(O)CN1)c1c(Cl)ccc(F)c1Cl. The first-order chi connectivity index (χ1) is 9.40. The Morgan fingerprint density at radius 3 is 2.85 bits per heavy atom. The Morgan fingerprint density at radius 2 is 2.25 bits per heavy atom. The maximum atomic E-state index is 13.5. The number of nitrogens with one attached hydrogen (secondary N) is 2. The lowest BCUT2D eigenvalue weighted by Crippen LogP contribution is -2.41. The second-order valence-electron chi connectivity index (χ2n) is 4.84. The van der Waals surface area contributed by atoms with Crippen LogP contribution < -0.4 is 10.6 Å². The van der Waals surface area contributed by atoms with Gasteiger partial charge in [-0.15, -0.1) is 0 Å². The fraction of sp³-hybridized carbons (Fsp3) is 0.462. The summed E-state index contributed by atoms with van der Waals surface area (Å²) in [6.45, 7) is 2.06. The molecular formula is C13H15Cl2FN2O2. The van der Waals surface area contributed by atoms with Gasteiger partial charge in [0.1, 0.15) is 5.82 Å². The summed E-state index contributed by atoms with van der Waals surface area (Å²) in [5.41, 5.74) is 0.347. The maximum absolute atomic E-state index is 13.5. The topological polar surface area (TPSA) is 61.4 Å². The van der Waals surface area contributed by atoms with Gasteiger partial charge in [0.15, 0.2) is 0 Å². The number of hydrogen-bond donors (Lipinski definition) is 3. The average Bonchev–Trinajstić information content (AvgIpc) is 2.81. The van der Waals surface area contributed by atoms with E-state index in [0.717, 1.165) is 0 Å². The second-order valence-corrected chi connectivity index (χ2v) is 5.62. The Morgan fingerprint density at radius 1 is 1.55 bits per heavy atom. The molecular weight excluding hydrogens is 306 g/mol. The van der Waals surface area contributed by atoms with Crippen LogP contribution in [0.4, 0.5) is 4.39 Å². The lowest BCUT2D eigenvalue weighted by molar-refractivity contribution is -0.123. The smallest absolute Gasteiger partial charge is 0.237 e. The molecule has 0 bridgehead atoms. The molecule has 1 aromatic carbocycles. The maximum Gasteiger partial charge on any atom is 0.237 e. The molecule has 0 spiro atoms. The zero-order chi connectivity index (χ0) is 14.9. The molecule has 3 atom stereocenters. The van der Waals surface area contributed by atoms with Crippen LogP contribution in [0.25, 0.3) is 0 Å². The van der Waals surface area contributed by atoms with E-state index in [2.05, 4.69) is 10.6 Å². The number of β-amino-alcohol motifs (C(OH)–C–C–N with tert-alkyl or cyclic N) is 1. The van der Waals surface area contributed by atoms with Gasteiger partial charge in [0.05, 0.1) is 23.2 Å². The largest absolute Gasteiger partial charge is 0.392 e. The van der Waals surface area contributed by atoms with E-state index < -0.39 is 24.0 Å². The summed E-state index contributed by atoms with van der Waals surface area (Å²) in [5, 5.41) is 15.2. The molecule has 0 saturated carbocycles. The summed E-state index contributed by atoms with van der Waals surface area (Å²) in [6.07, 6.45) is -0.175. The van der Waals surface area contributed by atoms with E-state index in [1.54, 1.807) is 6.92 Å². The van der Waals surface area contributed by atoms with Crippen LogP contribution in [0.5, 0.6) is 0 Å². The van der Waals surface area contributed by atoms with Gasteiger partial charge in [0.2, 0.25) is 5.91 Å². The molecule has 1 fully saturated rings. The minimum atomic E-state index is -0.582. The first kappa shape index (κ1) is 15.5. The highest BCUT2D eigenvalue weighted by molar-refractivity contribution is 6.36. The van der Waals surface area contributed by atoms with Crippen molar-refractivity contribution < 1.29 is 14.3 Å². The average molecular weight is 321 g/mol. The number of benzene rings is 1. The molecule has 3 unspecified atom stereocenters. The van der Waals surface area contributed by atoms with Crippen LogP contribution in [-0.4, -0.2) is 29.7 Å². The van der Waals surface area contributed by atoms with Crippen molar-refractivity contribution in [3.63, 3.8) is 0 Å². The van der Waals surface area contributed by atoms with Crippen LogP contribution in [0.2, 0.25) is 10.0 Å². The summed E-state index contributed by atoms with van der Waals surface area (Å²) >= 11 is 11.9. The van der Waals surface area contributed by atoms with Gasteiger partial charge < -0.3 is 15.7 Å². The molecule has 0 aromatic heterocycles. The zero-order valence-electron chi connectivity index (χ0n) is 10.8. The van der Waals surface area contributed by atoms with Crippen molar-refractivity contribution in [3.8, 4) is 0 Å². The molecule has 0 aliphatic carbocycles. The van der Waals surface area contributed by atoms with Crippen LogP contribution >= 0.6 is 23.2 Å². The van der Waals surface area contributed by atoms with Crippen molar-refractivity contribution in [2.75, 3.05) is 6.54 Å². The Labute approximate surface area is 126 Å². The van der Waals surface area contributed by atoms with E-state index in [1.807, 2.05) is 0 Å². The monoisotopic (exact) mass is 320 g/mol. The normalized spacial score (nSPS) is 23.6. The first-order valence-corrected chi connectivity index (χ1v) is 7.01. The van der Waals surface area contributed by atoms with Crippen molar-refractivity contribution in [2.45, 2.75) is 31.5 Å². The van der Waals surface area contributed by atoms with Gasteiger partial charge in [0.25, 0.3) is 0 Å². The van der Waals surface area contributed by atoms with Crippen molar-refractivity contribution in [2.24, 2.45) is 0 Å². The Kier molecular flexibility index (Phi) is 4.86. The lowest BCUT2D eigenvalue weighted by Gasteiger charge is -2.19. The number of aliphatic hydroxyl groups excluding tert-OH is 1. The fourth-order valence-corrected chi connectivity index (χ4v) is 2.94. The molecule has 2 rings (SSSR count). The summed E-state index contributed by atoms with van der Waals surface area (Å²) in [4.78, 5) is 12.0. The van der Waals surface area contributed by atoms with Crippen LogP contribution in [0.3, 0.4) is 0 Å². The fourth-order valence-electron chi connectivity index (χ4n) is 2.24. The molecule has 20 heavy (non-hydrogen) atoms. The van der Waals surface area contributed by atoms with E-state index >= 15 is 0 Å². The van der Waals surface area contributed by atoms with Gasteiger partial charge in [0, 0.05) is 17.1 Å². The number of aliphatic hydroxyl groups is 1. The highest BCUT2D eigenvalue weighted by Crippen LogP contribution is 2.32. The van der Waals surface area contributed by atoms with Crippen molar-refractivity contribution in [3.05, 3.63) is 33.6 Å². The number of amides is 1. The highest BCUT2D eigenvalue weighted by atomic mass is 35.5. The van der Waals surface area contributed by atoms with E-state index in [1.165, 1.54) is 12.1 Å². The van der Waals surface area contributed by atoms with E-state index in [0.29, 0.717) is 23.6 Å². The molecule has 1 aliphatic heterocycles. The number of carbonyl (C=O) groups excluding carboxylic acids is 1. The molecule has 1 amide bonds. The van der Waals surface area contributed by atoms with Crippen molar-refractivity contribution in [1.82, 2.24) is 10.6 Å². The highest BCUT2D eigenvalue weighted by Gasteiger charge is 2.29. The molecule has 4 nitrogen and oxygen atoms in total. The van der Waals surface area contributed by atoms with Crippen LogP contribution in [0, 0.1) is 5.82 Å². The van der Waals surface area contributed by atoms with Gasteiger partial charge in [-0.1, -0.05) is 23.2 Å². The molecule has 1 saturated heterocycles. The van der Waals surface area contributed by atoms with Gasteiger partial charge in [-0.05, 0) is 25.5 Å². The van der Waals surface area contributed by atoms with Crippen LogP contribution in [0.15, 0.2) is 12.1 Å². The van der Waals surface area contributed by atoms with Gasteiger partial charge in [-0.25, -0.2) is 4.39 Å². The molecule has 1 aromatic rings. The number of rotatable bonds is 3. The predicted molar refractivity (Wildman–Crippen MR) is 75.4 cm³/mol. The molecule has 0 radical (unpaired) electrons. The molecule has 7 heteroatoms. The Balaban J connectivity index is 2.10. The number of carbonyl (C=O) groups is 1. The van der Waals surface area contributed by atoms with Crippen molar-refractivity contribution >= 4 is 29.1 Å².